The predicted molar refractivity (Wildman–Crippen MR) is 245 cm³/mol. The Labute approximate surface area is 342 Å². The van der Waals surface area contributed by atoms with Crippen LogP contribution in [-0.2, 0) is 5.41 Å². The number of thiophene rings is 1. The minimum absolute atomic E-state index is 0.177. The van der Waals surface area contributed by atoms with Crippen LogP contribution < -0.4 is 5.32 Å². The van der Waals surface area contributed by atoms with Crippen LogP contribution in [0.5, 0.6) is 0 Å². The fourth-order valence-electron chi connectivity index (χ4n) is 9.17. The van der Waals surface area contributed by atoms with Gasteiger partial charge in [0.2, 0.25) is 0 Å². The van der Waals surface area contributed by atoms with E-state index in [9.17, 15) is 0 Å². The summed E-state index contributed by atoms with van der Waals surface area (Å²) < 4.78 is 2.47. The Morgan fingerprint density at radius 1 is 0.483 bits per heavy atom. The minimum Gasteiger partial charge on any atom is -0.344 e. The molecule has 0 spiro atoms. The maximum Gasteiger partial charge on any atom is 0.160 e. The molecular weight excluding hydrogens is 723 g/mol. The van der Waals surface area contributed by atoms with E-state index in [-0.39, 0.29) is 11.6 Å². The molecule has 2 heterocycles. The van der Waals surface area contributed by atoms with Gasteiger partial charge in [0.1, 0.15) is 12.0 Å². The van der Waals surface area contributed by atoms with E-state index in [2.05, 4.69) is 207 Å². The lowest BCUT2D eigenvalue weighted by Gasteiger charge is -2.29. The highest BCUT2D eigenvalue weighted by molar-refractivity contribution is 7.25. The minimum atomic E-state index is -0.329. The van der Waals surface area contributed by atoms with Crippen LogP contribution in [0.25, 0.3) is 64.7 Å². The van der Waals surface area contributed by atoms with Gasteiger partial charge in [0, 0.05) is 42.3 Å². The van der Waals surface area contributed by atoms with E-state index >= 15 is 0 Å². The molecule has 0 amide bonds. The molecule has 1 aliphatic heterocycles. The zero-order valence-electron chi connectivity index (χ0n) is 32.3. The lowest BCUT2D eigenvalue weighted by Crippen LogP contribution is -2.35. The predicted octanol–water partition coefficient (Wildman–Crippen LogP) is 13.9. The van der Waals surface area contributed by atoms with Gasteiger partial charge < -0.3 is 5.32 Å². The van der Waals surface area contributed by atoms with Crippen LogP contribution in [0.15, 0.2) is 198 Å². The fraction of sp³-hybridized carbons (Fsp3) is 0.0741. The molecule has 0 saturated carbocycles. The summed E-state index contributed by atoms with van der Waals surface area (Å²) in [5, 5.41) is 6.20. The number of hydrogen-bond acceptors (Lipinski definition) is 4. The van der Waals surface area contributed by atoms with Crippen molar-refractivity contribution in [1.29, 1.82) is 0 Å². The Hall–Kier alpha value is -6.88. The van der Waals surface area contributed by atoms with Gasteiger partial charge in [-0.05, 0) is 86.0 Å². The second-order valence-corrected chi connectivity index (χ2v) is 16.9. The summed E-state index contributed by atoms with van der Waals surface area (Å²) in [5.74, 6) is 1.57. The molecule has 58 heavy (non-hydrogen) atoms. The van der Waals surface area contributed by atoms with Crippen LogP contribution in [-0.4, -0.2) is 11.7 Å². The molecule has 2 aliphatic rings. The zero-order valence-corrected chi connectivity index (χ0v) is 33.1. The topological polar surface area (TPSA) is 36.8 Å². The van der Waals surface area contributed by atoms with E-state index in [0.717, 1.165) is 22.8 Å². The number of fused-ring (bicyclic) bond motifs is 6. The standard InChI is InChI=1S/C54H39N3S/c1-54(2)46-27-10-9-23-41(46)42-24-13-26-44(50(42)54)53-56-51(35-17-7-4-8-18-35)55-52(57-53)43-25-14-28-48-49(43)45-33-40(29-30-47(45)58-48)39-22-12-21-38(32-39)37-20-11-19-36(31-37)34-15-5-3-6-16-34/h3-33,53H,1-2H3,(H,55,56,57). The van der Waals surface area contributed by atoms with Crippen molar-refractivity contribution < 1.29 is 0 Å². The molecular formula is C54H39N3S. The average molecular weight is 762 g/mol. The second-order valence-electron chi connectivity index (χ2n) is 15.8. The normalized spacial score (nSPS) is 15.4. The van der Waals surface area contributed by atoms with E-state index in [4.69, 9.17) is 9.98 Å². The Morgan fingerprint density at radius 2 is 1.05 bits per heavy atom. The number of nitrogens with one attached hydrogen (secondary N) is 1. The molecule has 1 atom stereocenters. The highest BCUT2D eigenvalue weighted by Gasteiger charge is 2.39. The summed E-state index contributed by atoms with van der Waals surface area (Å²) in [7, 11) is 0. The summed E-state index contributed by atoms with van der Waals surface area (Å²) in [5.41, 5.74) is 15.6. The molecule has 1 N–H and O–H groups in total. The van der Waals surface area contributed by atoms with Crippen molar-refractivity contribution in [3.05, 3.63) is 216 Å². The van der Waals surface area contributed by atoms with Crippen molar-refractivity contribution in [1.82, 2.24) is 5.32 Å². The highest BCUT2D eigenvalue weighted by atomic mass is 32.1. The third-order valence-electron chi connectivity index (χ3n) is 11.9. The van der Waals surface area contributed by atoms with Crippen molar-refractivity contribution in [2.75, 3.05) is 0 Å². The van der Waals surface area contributed by atoms with Crippen molar-refractivity contribution in [2.45, 2.75) is 25.4 Å². The van der Waals surface area contributed by atoms with Gasteiger partial charge >= 0.3 is 0 Å². The first-order valence-corrected chi connectivity index (χ1v) is 20.7. The number of benzene rings is 8. The molecule has 0 radical (unpaired) electrons. The Bertz CT molecular complexity index is 3120. The molecule has 1 aromatic heterocycles. The first kappa shape index (κ1) is 34.4. The molecule has 8 aromatic carbocycles. The molecule has 4 heteroatoms. The van der Waals surface area contributed by atoms with Crippen molar-refractivity contribution in [2.24, 2.45) is 9.98 Å². The molecule has 0 fully saturated rings. The average Bonchev–Trinajstić information content (AvgIpc) is 3.78. The first-order valence-electron chi connectivity index (χ1n) is 19.9. The summed E-state index contributed by atoms with van der Waals surface area (Å²) >= 11 is 1.83. The maximum absolute atomic E-state index is 5.52. The SMILES string of the molecule is CC1(C)c2ccccc2-c2cccc(C3N=C(c4cccc5sc6ccc(-c7cccc(-c8cccc(-c9ccccc9)c8)c7)cc6c45)N=C(c4ccccc4)N3)c21. The van der Waals surface area contributed by atoms with Crippen LogP contribution >= 0.6 is 11.3 Å². The van der Waals surface area contributed by atoms with Gasteiger partial charge in [-0.1, -0.05) is 172 Å². The summed E-state index contributed by atoms with van der Waals surface area (Å²) in [6.07, 6.45) is -0.329. The van der Waals surface area contributed by atoms with Gasteiger partial charge in [0.05, 0.1) is 0 Å². The van der Waals surface area contributed by atoms with Crippen molar-refractivity contribution in [3.8, 4) is 44.5 Å². The van der Waals surface area contributed by atoms with E-state index in [0.29, 0.717) is 0 Å². The number of aliphatic imine (C=N–C) groups is 2. The van der Waals surface area contributed by atoms with Gasteiger partial charge in [-0.3, -0.25) is 0 Å². The second kappa shape index (κ2) is 13.7. The third-order valence-corrected chi connectivity index (χ3v) is 13.1. The lowest BCUT2D eigenvalue weighted by molar-refractivity contribution is 0.610. The van der Waals surface area contributed by atoms with Crippen molar-refractivity contribution >= 4 is 43.2 Å². The molecule has 276 valence electrons. The first-order chi connectivity index (χ1) is 28.5. The molecule has 1 unspecified atom stereocenters. The lowest BCUT2D eigenvalue weighted by atomic mass is 9.79. The van der Waals surface area contributed by atoms with Crippen LogP contribution in [0, 0.1) is 0 Å². The Morgan fingerprint density at radius 3 is 1.79 bits per heavy atom. The monoisotopic (exact) mass is 761 g/mol. The van der Waals surface area contributed by atoms with Gasteiger partial charge in [-0.15, -0.1) is 11.3 Å². The molecule has 3 nitrogen and oxygen atoms in total. The molecule has 9 aromatic rings. The van der Waals surface area contributed by atoms with E-state index in [1.165, 1.54) is 81.4 Å². The number of hydrogen-bond donors (Lipinski definition) is 1. The number of rotatable bonds is 6. The number of nitrogens with zero attached hydrogens (tertiary/aromatic N) is 2. The maximum atomic E-state index is 5.52. The molecule has 1 aliphatic carbocycles. The van der Waals surface area contributed by atoms with Gasteiger partial charge in [0.25, 0.3) is 0 Å². The van der Waals surface area contributed by atoms with Crippen LogP contribution in [0.2, 0.25) is 0 Å². The Kier molecular flexibility index (Phi) is 8.09. The Balaban J connectivity index is 1.04. The summed E-state index contributed by atoms with van der Waals surface area (Å²) in [4.78, 5) is 10.8. The van der Waals surface area contributed by atoms with Gasteiger partial charge in [0.15, 0.2) is 5.84 Å². The van der Waals surface area contributed by atoms with Gasteiger partial charge in [-0.2, -0.15) is 0 Å². The van der Waals surface area contributed by atoms with E-state index in [1.54, 1.807) is 0 Å². The van der Waals surface area contributed by atoms with E-state index in [1.807, 2.05) is 11.3 Å². The highest BCUT2D eigenvalue weighted by Crippen LogP contribution is 2.51. The largest absolute Gasteiger partial charge is 0.344 e. The number of amidine groups is 2. The summed E-state index contributed by atoms with van der Waals surface area (Å²) in [6.45, 7) is 4.68. The smallest absolute Gasteiger partial charge is 0.160 e. The summed E-state index contributed by atoms with van der Waals surface area (Å²) in [6, 6.07) is 67.8. The molecule has 0 bridgehead atoms. The van der Waals surface area contributed by atoms with Gasteiger partial charge in [-0.25, -0.2) is 9.98 Å². The zero-order chi connectivity index (χ0) is 38.8. The quantitative estimate of drug-likeness (QED) is 0.180. The van der Waals surface area contributed by atoms with Crippen LogP contribution in [0.1, 0.15) is 47.8 Å². The fourth-order valence-corrected chi connectivity index (χ4v) is 10.3. The molecule has 0 saturated heterocycles. The molecule has 11 rings (SSSR count). The third kappa shape index (κ3) is 5.71. The van der Waals surface area contributed by atoms with Crippen molar-refractivity contribution in [3.63, 3.8) is 0 Å². The van der Waals surface area contributed by atoms with E-state index < -0.39 is 0 Å². The van der Waals surface area contributed by atoms with Crippen LogP contribution in [0.3, 0.4) is 0 Å². The van der Waals surface area contributed by atoms with Crippen LogP contribution in [0.4, 0.5) is 0 Å².